The summed E-state index contributed by atoms with van der Waals surface area (Å²) >= 11 is 3.10. The molecule has 1 aromatic carbocycles. The van der Waals surface area contributed by atoms with E-state index in [0.29, 0.717) is 10.0 Å². The third-order valence-corrected chi connectivity index (χ3v) is 4.29. The van der Waals surface area contributed by atoms with Crippen molar-refractivity contribution in [1.29, 1.82) is 0 Å². The first-order valence-corrected chi connectivity index (χ1v) is 8.50. The first kappa shape index (κ1) is 15.9. The number of aromatic amines is 1. The van der Waals surface area contributed by atoms with Crippen LogP contribution in [0.3, 0.4) is 0 Å². The normalized spacial score (nSPS) is 11.6. The van der Waals surface area contributed by atoms with Crippen LogP contribution < -0.4 is 11.2 Å². The second kappa shape index (κ2) is 5.74. The largest absolute Gasteiger partial charge is 0.328 e. The molecule has 0 unspecified atom stereocenters. The molecule has 1 aromatic heterocycles. The fourth-order valence-corrected chi connectivity index (χ4v) is 3.05. The lowest BCUT2D eigenvalue weighted by Gasteiger charge is -2.07. The fourth-order valence-electron chi connectivity index (χ4n) is 1.68. The van der Waals surface area contributed by atoms with Gasteiger partial charge in [-0.05, 0) is 23.8 Å². The van der Waals surface area contributed by atoms with Gasteiger partial charge in [-0.25, -0.2) is 17.6 Å². The molecule has 0 amide bonds. The highest BCUT2D eigenvalue weighted by Gasteiger charge is 2.17. The van der Waals surface area contributed by atoms with Crippen LogP contribution in [0.1, 0.15) is 5.56 Å². The Bertz CT molecular complexity index is 902. The molecule has 0 fully saturated rings. The van der Waals surface area contributed by atoms with Gasteiger partial charge < -0.3 is 0 Å². The molecule has 2 rings (SSSR count). The molecule has 0 aliphatic heterocycles. The molecular weight excluding hydrogens is 391 g/mol. The van der Waals surface area contributed by atoms with Crippen molar-refractivity contribution in [2.45, 2.75) is 11.4 Å². The molecule has 0 saturated carbocycles. The standard InChI is InChI=1S/C11H7BrClFN2O4S/c12-7-1-6(2-8(14)3-7)4-16-5-9(21(13,19)20)10(17)15-11(16)18/h1-3,5H,4H2,(H,15,17,18). The van der Waals surface area contributed by atoms with Gasteiger partial charge >= 0.3 is 5.69 Å². The minimum absolute atomic E-state index is 0.134. The van der Waals surface area contributed by atoms with Gasteiger partial charge in [-0.1, -0.05) is 15.9 Å². The number of rotatable bonds is 3. The third kappa shape index (κ3) is 3.80. The van der Waals surface area contributed by atoms with Gasteiger partial charge in [0, 0.05) is 21.4 Å². The second-order valence-electron chi connectivity index (χ2n) is 4.10. The third-order valence-electron chi connectivity index (χ3n) is 2.52. The molecule has 0 aliphatic carbocycles. The van der Waals surface area contributed by atoms with E-state index in [1.807, 2.05) is 4.98 Å². The molecule has 112 valence electrons. The van der Waals surface area contributed by atoms with Gasteiger partial charge in [0.2, 0.25) is 0 Å². The maximum atomic E-state index is 13.3. The molecule has 21 heavy (non-hydrogen) atoms. The minimum atomic E-state index is -4.30. The van der Waals surface area contributed by atoms with Crippen molar-refractivity contribution < 1.29 is 12.8 Å². The molecule has 1 heterocycles. The van der Waals surface area contributed by atoms with Crippen molar-refractivity contribution in [3.05, 3.63) is 61.1 Å². The summed E-state index contributed by atoms with van der Waals surface area (Å²) < 4.78 is 37.1. The van der Waals surface area contributed by atoms with Gasteiger partial charge in [-0.2, -0.15) is 0 Å². The van der Waals surface area contributed by atoms with Gasteiger partial charge in [0.1, 0.15) is 5.82 Å². The van der Waals surface area contributed by atoms with Crippen molar-refractivity contribution >= 4 is 35.7 Å². The highest BCUT2D eigenvalue weighted by atomic mass is 79.9. The van der Waals surface area contributed by atoms with Gasteiger partial charge in [-0.3, -0.25) is 14.3 Å². The molecular formula is C11H7BrClFN2O4S. The zero-order valence-electron chi connectivity index (χ0n) is 10.1. The quantitative estimate of drug-likeness (QED) is 0.793. The van der Waals surface area contributed by atoms with E-state index in [2.05, 4.69) is 15.9 Å². The summed E-state index contributed by atoms with van der Waals surface area (Å²) in [5, 5.41) is 0. The Labute approximate surface area is 130 Å². The topological polar surface area (TPSA) is 89.0 Å². The maximum Gasteiger partial charge on any atom is 0.328 e. The van der Waals surface area contributed by atoms with E-state index >= 15 is 0 Å². The highest BCUT2D eigenvalue weighted by Crippen LogP contribution is 2.16. The number of aromatic nitrogens is 2. The lowest BCUT2D eigenvalue weighted by molar-refractivity contribution is 0.601. The maximum absolute atomic E-state index is 13.3. The Kier molecular flexibility index (Phi) is 4.35. The van der Waals surface area contributed by atoms with E-state index in [1.54, 1.807) is 6.07 Å². The van der Waals surface area contributed by atoms with E-state index in [1.165, 1.54) is 12.1 Å². The summed E-state index contributed by atoms with van der Waals surface area (Å²) in [6, 6.07) is 3.96. The van der Waals surface area contributed by atoms with E-state index < -0.39 is 31.0 Å². The predicted molar refractivity (Wildman–Crippen MR) is 77.6 cm³/mol. The molecule has 2 aromatic rings. The van der Waals surface area contributed by atoms with Crippen molar-refractivity contribution in [2.24, 2.45) is 0 Å². The van der Waals surface area contributed by atoms with Crippen LogP contribution in [0, 0.1) is 5.82 Å². The smallest absolute Gasteiger partial charge is 0.295 e. The summed E-state index contributed by atoms with van der Waals surface area (Å²) in [7, 11) is 0.815. The lowest BCUT2D eigenvalue weighted by atomic mass is 10.2. The number of hydrogen-bond acceptors (Lipinski definition) is 4. The summed E-state index contributed by atoms with van der Waals surface area (Å²) in [4.78, 5) is 24.2. The SMILES string of the molecule is O=c1[nH]c(=O)n(Cc2cc(F)cc(Br)c2)cc1S(=O)(=O)Cl. The summed E-state index contributed by atoms with van der Waals surface area (Å²) in [6.07, 6.45) is 0.822. The Morgan fingerprint density at radius 3 is 2.52 bits per heavy atom. The van der Waals surface area contributed by atoms with Crippen molar-refractivity contribution in [2.75, 3.05) is 0 Å². The predicted octanol–water partition coefficient (Wildman–Crippen LogP) is 1.41. The average Bonchev–Trinajstić information content (AvgIpc) is 2.29. The first-order chi connectivity index (χ1) is 9.66. The Hall–Kier alpha value is -1.45. The number of benzene rings is 1. The minimum Gasteiger partial charge on any atom is -0.295 e. The van der Waals surface area contributed by atoms with Crippen molar-refractivity contribution in [3.8, 4) is 0 Å². The van der Waals surface area contributed by atoms with Gasteiger partial charge in [0.05, 0.1) is 6.54 Å². The van der Waals surface area contributed by atoms with Crippen molar-refractivity contribution in [3.63, 3.8) is 0 Å². The number of nitrogens with one attached hydrogen (secondary N) is 1. The van der Waals surface area contributed by atoms with Crippen LogP contribution in [-0.2, 0) is 15.6 Å². The first-order valence-electron chi connectivity index (χ1n) is 5.40. The summed E-state index contributed by atoms with van der Waals surface area (Å²) in [5.41, 5.74) is -1.54. The van der Waals surface area contributed by atoms with Gasteiger partial charge in [0.15, 0.2) is 4.90 Å². The molecule has 0 aliphatic rings. The van der Waals surface area contributed by atoms with Crippen molar-refractivity contribution in [1.82, 2.24) is 9.55 Å². The summed E-state index contributed by atoms with van der Waals surface area (Å²) in [5.74, 6) is -0.526. The Balaban J connectivity index is 2.55. The second-order valence-corrected chi connectivity index (χ2v) is 7.55. The van der Waals surface area contributed by atoms with E-state index in [9.17, 15) is 22.4 Å². The molecule has 0 bridgehead atoms. The van der Waals surface area contributed by atoms with Crippen LogP contribution in [0.5, 0.6) is 0 Å². The van der Waals surface area contributed by atoms with Crippen LogP contribution in [0.2, 0.25) is 0 Å². The number of halogens is 3. The lowest BCUT2D eigenvalue weighted by Crippen LogP contribution is -2.32. The number of hydrogen-bond donors (Lipinski definition) is 1. The van der Waals surface area contributed by atoms with E-state index in [-0.39, 0.29) is 6.54 Å². The average molecular weight is 398 g/mol. The number of H-pyrrole nitrogens is 1. The van der Waals surface area contributed by atoms with Crippen LogP contribution in [0.25, 0.3) is 0 Å². The molecule has 6 nitrogen and oxygen atoms in total. The van der Waals surface area contributed by atoms with Crippen LogP contribution >= 0.6 is 26.6 Å². The summed E-state index contributed by atoms with van der Waals surface area (Å²) in [6.45, 7) is -0.134. The van der Waals surface area contributed by atoms with Gasteiger partial charge in [-0.15, -0.1) is 0 Å². The fraction of sp³-hybridized carbons (Fsp3) is 0.0909. The molecule has 0 atom stereocenters. The Morgan fingerprint density at radius 1 is 1.29 bits per heavy atom. The molecule has 0 saturated heterocycles. The van der Waals surface area contributed by atoms with Gasteiger partial charge in [0.25, 0.3) is 14.6 Å². The van der Waals surface area contributed by atoms with E-state index in [0.717, 1.165) is 10.8 Å². The zero-order chi connectivity index (χ0) is 15.8. The monoisotopic (exact) mass is 396 g/mol. The van der Waals surface area contributed by atoms with Crippen LogP contribution in [0.4, 0.5) is 4.39 Å². The molecule has 1 N–H and O–H groups in total. The van der Waals surface area contributed by atoms with Crippen LogP contribution in [0.15, 0.2) is 43.4 Å². The molecule has 0 spiro atoms. The molecule has 0 radical (unpaired) electrons. The zero-order valence-corrected chi connectivity index (χ0v) is 13.3. The Morgan fingerprint density at radius 2 is 1.95 bits per heavy atom. The van der Waals surface area contributed by atoms with Crippen LogP contribution in [-0.4, -0.2) is 18.0 Å². The number of nitrogens with zero attached hydrogens (tertiary/aromatic N) is 1. The molecule has 10 heteroatoms. The highest BCUT2D eigenvalue weighted by molar-refractivity contribution is 9.10. The van der Waals surface area contributed by atoms with E-state index in [4.69, 9.17) is 10.7 Å².